The SMILES string of the molecule is CCc1nn(-c2cccc(C)c2)c2nnc(SC)nc12. The highest BCUT2D eigenvalue weighted by Gasteiger charge is 2.15. The first-order chi connectivity index (χ1) is 9.72. The van der Waals surface area contributed by atoms with Crippen LogP contribution in [0.15, 0.2) is 29.4 Å². The minimum absolute atomic E-state index is 0.677. The molecule has 2 heterocycles. The van der Waals surface area contributed by atoms with E-state index in [4.69, 9.17) is 0 Å². The van der Waals surface area contributed by atoms with E-state index >= 15 is 0 Å². The Morgan fingerprint density at radius 2 is 2.10 bits per heavy atom. The van der Waals surface area contributed by atoms with Gasteiger partial charge in [-0.2, -0.15) is 5.10 Å². The van der Waals surface area contributed by atoms with E-state index in [0.29, 0.717) is 10.8 Å². The Morgan fingerprint density at radius 1 is 1.25 bits per heavy atom. The predicted octanol–water partition coefficient (Wildman–Crippen LogP) is 2.80. The predicted molar refractivity (Wildman–Crippen MR) is 80.4 cm³/mol. The zero-order valence-electron chi connectivity index (χ0n) is 11.7. The monoisotopic (exact) mass is 285 g/mol. The molecule has 0 fully saturated rings. The Bertz CT molecular complexity index is 765. The van der Waals surface area contributed by atoms with Gasteiger partial charge in [-0.05, 0) is 37.3 Å². The van der Waals surface area contributed by atoms with Crippen molar-refractivity contribution in [1.82, 2.24) is 25.0 Å². The van der Waals surface area contributed by atoms with Crippen molar-refractivity contribution in [3.63, 3.8) is 0 Å². The molecule has 0 saturated heterocycles. The van der Waals surface area contributed by atoms with Crippen LogP contribution >= 0.6 is 11.8 Å². The van der Waals surface area contributed by atoms with Gasteiger partial charge in [0.25, 0.3) is 0 Å². The van der Waals surface area contributed by atoms with Gasteiger partial charge in [-0.25, -0.2) is 9.67 Å². The third kappa shape index (κ3) is 2.16. The summed E-state index contributed by atoms with van der Waals surface area (Å²) in [4.78, 5) is 4.54. The molecule has 3 aromatic rings. The topological polar surface area (TPSA) is 56.5 Å². The van der Waals surface area contributed by atoms with Crippen LogP contribution in [-0.4, -0.2) is 31.2 Å². The number of aromatic nitrogens is 5. The van der Waals surface area contributed by atoms with Crippen LogP contribution in [0.25, 0.3) is 16.9 Å². The second-order valence-electron chi connectivity index (χ2n) is 4.52. The van der Waals surface area contributed by atoms with Gasteiger partial charge in [0.1, 0.15) is 5.52 Å². The number of rotatable bonds is 3. The van der Waals surface area contributed by atoms with E-state index in [-0.39, 0.29) is 0 Å². The molecule has 0 aliphatic rings. The number of nitrogens with zero attached hydrogens (tertiary/aromatic N) is 5. The molecule has 0 aliphatic heterocycles. The van der Waals surface area contributed by atoms with E-state index < -0.39 is 0 Å². The number of benzene rings is 1. The Hall–Kier alpha value is -1.95. The van der Waals surface area contributed by atoms with Gasteiger partial charge in [0.15, 0.2) is 0 Å². The van der Waals surface area contributed by atoms with Crippen molar-refractivity contribution in [1.29, 1.82) is 0 Å². The summed E-state index contributed by atoms with van der Waals surface area (Å²) in [7, 11) is 0. The quantitative estimate of drug-likeness (QED) is 0.693. The Kier molecular flexibility index (Phi) is 3.40. The van der Waals surface area contributed by atoms with Crippen LogP contribution in [0.5, 0.6) is 0 Å². The van der Waals surface area contributed by atoms with Crippen LogP contribution < -0.4 is 0 Å². The number of hydrogen-bond donors (Lipinski definition) is 0. The van der Waals surface area contributed by atoms with Crippen LogP contribution in [0.2, 0.25) is 0 Å². The van der Waals surface area contributed by atoms with E-state index in [1.165, 1.54) is 17.3 Å². The third-order valence-electron chi connectivity index (χ3n) is 3.11. The zero-order valence-corrected chi connectivity index (χ0v) is 12.5. The van der Waals surface area contributed by atoms with Crippen molar-refractivity contribution in [2.75, 3.05) is 6.26 Å². The van der Waals surface area contributed by atoms with E-state index in [1.54, 1.807) is 0 Å². The molecular formula is C14H15N5S. The van der Waals surface area contributed by atoms with Gasteiger partial charge in [0.05, 0.1) is 11.4 Å². The molecule has 0 unspecified atom stereocenters. The van der Waals surface area contributed by atoms with Crippen molar-refractivity contribution in [2.45, 2.75) is 25.4 Å². The lowest BCUT2D eigenvalue weighted by Crippen LogP contribution is -2.00. The molecule has 0 saturated carbocycles. The molecule has 102 valence electrons. The molecule has 0 amide bonds. The molecule has 0 spiro atoms. The highest BCUT2D eigenvalue weighted by molar-refractivity contribution is 7.98. The second-order valence-corrected chi connectivity index (χ2v) is 5.30. The third-order valence-corrected chi connectivity index (χ3v) is 3.65. The first kappa shape index (κ1) is 13.1. The fourth-order valence-electron chi connectivity index (χ4n) is 2.12. The highest BCUT2D eigenvalue weighted by Crippen LogP contribution is 2.21. The van der Waals surface area contributed by atoms with Gasteiger partial charge in [0.2, 0.25) is 10.8 Å². The van der Waals surface area contributed by atoms with Gasteiger partial charge >= 0.3 is 0 Å². The summed E-state index contributed by atoms with van der Waals surface area (Å²) in [5, 5.41) is 13.7. The normalized spacial score (nSPS) is 11.2. The minimum atomic E-state index is 0.677. The van der Waals surface area contributed by atoms with E-state index in [9.17, 15) is 0 Å². The lowest BCUT2D eigenvalue weighted by atomic mass is 10.2. The summed E-state index contributed by atoms with van der Waals surface area (Å²) in [6.45, 7) is 4.13. The maximum Gasteiger partial charge on any atom is 0.209 e. The summed E-state index contributed by atoms with van der Waals surface area (Å²) in [5.74, 6) is 0. The summed E-state index contributed by atoms with van der Waals surface area (Å²) in [5.41, 5.74) is 4.68. The largest absolute Gasteiger partial charge is 0.216 e. The van der Waals surface area contributed by atoms with E-state index in [1.807, 2.05) is 23.1 Å². The highest BCUT2D eigenvalue weighted by atomic mass is 32.2. The average Bonchev–Trinajstić information content (AvgIpc) is 2.85. The molecule has 6 heteroatoms. The Balaban J connectivity index is 2.26. The maximum absolute atomic E-state index is 4.64. The molecule has 2 aromatic heterocycles. The van der Waals surface area contributed by atoms with Crippen LogP contribution in [-0.2, 0) is 6.42 Å². The van der Waals surface area contributed by atoms with Crippen molar-refractivity contribution in [2.24, 2.45) is 0 Å². The molecule has 0 aliphatic carbocycles. The molecule has 5 nitrogen and oxygen atoms in total. The molecule has 0 N–H and O–H groups in total. The summed E-state index contributed by atoms with van der Waals surface area (Å²) < 4.78 is 1.82. The van der Waals surface area contributed by atoms with Gasteiger partial charge in [-0.3, -0.25) is 0 Å². The molecule has 0 atom stereocenters. The first-order valence-corrected chi connectivity index (χ1v) is 7.68. The number of hydrogen-bond acceptors (Lipinski definition) is 5. The fraction of sp³-hybridized carbons (Fsp3) is 0.286. The summed E-state index contributed by atoms with van der Waals surface area (Å²) in [6, 6.07) is 8.17. The van der Waals surface area contributed by atoms with E-state index in [0.717, 1.165) is 23.3 Å². The minimum Gasteiger partial charge on any atom is -0.216 e. The number of aryl methyl sites for hydroxylation is 2. The molecule has 1 aromatic carbocycles. The molecular weight excluding hydrogens is 270 g/mol. The van der Waals surface area contributed by atoms with Gasteiger partial charge in [-0.15, -0.1) is 10.2 Å². The average molecular weight is 285 g/mol. The molecule has 0 bridgehead atoms. The summed E-state index contributed by atoms with van der Waals surface area (Å²) in [6.07, 6.45) is 2.77. The lowest BCUT2D eigenvalue weighted by Gasteiger charge is -2.03. The smallest absolute Gasteiger partial charge is 0.209 e. The zero-order chi connectivity index (χ0) is 14.1. The van der Waals surface area contributed by atoms with Gasteiger partial charge in [0, 0.05) is 0 Å². The van der Waals surface area contributed by atoms with Crippen molar-refractivity contribution >= 4 is 22.9 Å². The Morgan fingerprint density at radius 3 is 2.80 bits per heavy atom. The Labute approximate surface area is 121 Å². The summed E-state index contributed by atoms with van der Waals surface area (Å²) >= 11 is 1.49. The van der Waals surface area contributed by atoms with Crippen LogP contribution in [0.1, 0.15) is 18.2 Å². The number of thioether (sulfide) groups is 1. The second kappa shape index (κ2) is 5.20. The van der Waals surface area contributed by atoms with Crippen LogP contribution in [0.3, 0.4) is 0 Å². The van der Waals surface area contributed by atoms with Crippen molar-refractivity contribution < 1.29 is 0 Å². The van der Waals surface area contributed by atoms with Gasteiger partial charge < -0.3 is 0 Å². The molecule has 3 rings (SSSR count). The fourth-order valence-corrected chi connectivity index (χ4v) is 2.43. The first-order valence-electron chi connectivity index (χ1n) is 6.46. The van der Waals surface area contributed by atoms with E-state index in [2.05, 4.69) is 46.3 Å². The van der Waals surface area contributed by atoms with Crippen molar-refractivity contribution in [3.8, 4) is 5.69 Å². The maximum atomic E-state index is 4.64. The molecule has 20 heavy (non-hydrogen) atoms. The standard InChI is InChI=1S/C14H15N5S/c1-4-11-12-13(16-17-14(15-12)20-3)19(18-11)10-7-5-6-9(2)8-10/h5-8H,4H2,1-3H3. The van der Waals surface area contributed by atoms with Crippen LogP contribution in [0.4, 0.5) is 0 Å². The van der Waals surface area contributed by atoms with Crippen LogP contribution in [0, 0.1) is 6.92 Å². The number of fused-ring (bicyclic) bond motifs is 1. The van der Waals surface area contributed by atoms with Gasteiger partial charge in [-0.1, -0.05) is 30.8 Å². The molecule has 0 radical (unpaired) electrons. The lowest BCUT2D eigenvalue weighted by molar-refractivity contribution is 0.827. The van der Waals surface area contributed by atoms with Crippen molar-refractivity contribution in [3.05, 3.63) is 35.5 Å².